The van der Waals surface area contributed by atoms with Gasteiger partial charge in [0.15, 0.2) is 0 Å². The van der Waals surface area contributed by atoms with Crippen molar-refractivity contribution in [1.29, 1.82) is 0 Å². The molecule has 96 valence electrons. The third-order valence-corrected chi connectivity index (χ3v) is 3.12. The molecule has 1 aromatic heterocycles. The number of hydrogen-bond donors (Lipinski definition) is 1. The van der Waals surface area contributed by atoms with Gasteiger partial charge in [-0.25, -0.2) is 4.79 Å². The molecule has 4 heteroatoms. The summed E-state index contributed by atoms with van der Waals surface area (Å²) in [5.41, 5.74) is 2.10. The third-order valence-electron chi connectivity index (χ3n) is 3.12. The van der Waals surface area contributed by atoms with Gasteiger partial charge in [0, 0.05) is 17.4 Å². The summed E-state index contributed by atoms with van der Waals surface area (Å²) in [6, 6.07) is 5.71. The zero-order valence-corrected chi connectivity index (χ0v) is 10.9. The summed E-state index contributed by atoms with van der Waals surface area (Å²) in [6.45, 7) is 6.96. The lowest BCUT2D eigenvalue weighted by molar-refractivity contribution is 0.0685. The van der Waals surface area contributed by atoms with E-state index in [1.807, 2.05) is 43.5 Å². The lowest BCUT2D eigenvalue weighted by Gasteiger charge is -2.05. The number of benzene rings is 1. The predicted octanol–water partition coefficient (Wildman–Crippen LogP) is 3.07. The first-order valence-corrected chi connectivity index (χ1v) is 6.09. The van der Waals surface area contributed by atoms with Crippen LogP contribution >= 0.6 is 0 Å². The fourth-order valence-corrected chi connectivity index (χ4v) is 2.36. The molecule has 0 unspecified atom stereocenters. The topological polar surface area (TPSA) is 51.5 Å². The second-order valence-electron chi connectivity index (χ2n) is 4.13. The van der Waals surface area contributed by atoms with Gasteiger partial charge in [0.2, 0.25) is 0 Å². The molecule has 2 rings (SSSR count). The van der Waals surface area contributed by atoms with Crippen LogP contribution in [-0.4, -0.2) is 22.2 Å². The number of rotatable bonds is 4. The van der Waals surface area contributed by atoms with Gasteiger partial charge in [0.05, 0.1) is 6.61 Å². The highest BCUT2D eigenvalue weighted by Crippen LogP contribution is 2.29. The van der Waals surface area contributed by atoms with Crippen LogP contribution in [0.4, 0.5) is 0 Å². The Morgan fingerprint density at radius 3 is 2.67 bits per heavy atom. The van der Waals surface area contributed by atoms with E-state index < -0.39 is 5.97 Å². The lowest BCUT2D eigenvalue weighted by atomic mass is 10.1. The molecule has 0 fully saturated rings. The Bertz CT molecular complexity index is 599. The van der Waals surface area contributed by atoms with Crippen LogP contribution in [0.2, 0.25) is 0 Å². The van der Waals surface area contributed by atoms with Gasteiger partial charge in [-0.1, -0.05) is 0 Å². The number of carboxylic acids is 1. The van der Waals surface area contributed by atoms with Crippen molar-refractivity contribution in [3.63, 3.8) is 0 Å². The van der Waals surface area contributed by atoms with Crippen molar-refractivity contribution in [3.8, 4) is 5.75 Å². The molecule has 0 radical (unpaired) electrons. The molecular weight excluding hydrogens is 230 g/mol. The van der Waals surface area contributed by atoms with Crippen LogP contribution in [0.5, 0.6) is 5.75 Å². The summed E-state index contributed by atoms with van der Waals surface area (Å²) in [4.78, 5) is 11.3. The summed E-state index contributed by atoms with van der Waals surface area (Å²) in [6.07, 6.45) is 0. The predicted molar refractivity (Wildman–Crippen MR) is 70.5 cm³/mol. The number of hydrogen-bond acceptors (Lipinski definition) is 2. The van der Waals surface area contributed by atoms with Crippen LogP contribution in [0.15, 0.2) is 18.2 Å². The Kier molecular flexibility index (Phi) is 3.28. The van der Waals surface area contributed by atoms with Crippen LogP contribution in [-0.2, 0) is 6.54 Å². The van der Waals surface area contributed by atoms with Crippen molar-refractivity contribution in [3.05, 3.63) is 29.5 Å². The number of aromatic nitrogens is 1. The first-order chi connectivity index (χ1) is 8.60. The Balaban J connectivity index is 2.72. The van der Waals surface area contributed by atoms with Crippen molar-refractivity contribution in [2.24, 2.45) is 0 Å². The highest BCUT2D eigenvalue weighted by atomic mass is 16.5. The number of aromatic carboxylic acids is 1. The standard InChI is InChI=1S/C14H17NO3/c1-4-15-12-7-6-10(18-5-2)8-11(12)9(3)13(15)14(16)17/h6-8H,4-5H2,1-3H3,(H,16,17). The molecule has 1 N–H and O–H groups in total. The van der Waals surface area contributed by atoms with Crippen LogP contribution in [0, 0.1) is 6.92 Å². The molecule has 4 nitrogen and oxygen atoms in total. The number of carboxylic acid groups (broad SMARTS) is 1. The fourth-order valence-electron chi connectivity index (χ4n) is 2.36. The molecule has 1 heterocycles. The van der Waals surface area contributed by atoms with E-state index in [4.69, 9.17) is 4.74 Å². The van der Waals surface area contributed by atoms with E-state index >= 15 is 0 Å². The second kappa shape index (κ2) is 4.72. The van der Waals surface area contributed by atoms with E-state index in [1.165, 1.54) is 0 Å². The maximum Gasteiger partial charge on any atom is 0.352 e. The normalized spacial score (nSPS) is 10.8. The van der Waals surface area contributed by atoms with Gasteiger partial charge in [-0.2, -0.15) is 0 Å². The summed E-state index contributed by atoms with van der Waals surface area (Å²) >= 11 is 0. The fraction of sp³-hybridized carbons (Fsp3) is 0.357. The average Bonchev–Trinajstić information content (AvgIpc) is 2.62. The van der Waals surface area contributed by atoms with Gasteiger partial charge < -0.3 is 14.4 Å². The summed E-state index contributed by atoms with van der Waals surface area (Å²) in [5.74, 6) is -0.109. The van der Waals surface area contributed by atoms with Gasteiger partial charge >= 0.3 is 5.97 Å². The van der Waals surface area contributed by atoms with E-state index in [0.717, 1.165) is 22.2 Å². The summed E-state index contributed by atoms with van der Waals surface area (Å²) in [7, 11) is 0. The molecule has 0 saturated carbocycles. The molecule has 0 saturated heterocycles. The zero-order valence-electron chi connectivity index (χ0n) is 10.9. The molecule has 0 aliphatic carbocycles. The van der Waals surface area contributed by atoms with Crippen molar-refractivity contribution in [1.82, 2.24) is 4.57 Å². The average molecular weight is 247 g/mol. The maximum atomic E-state index is 11.3. The molecule has 2 aromatic rings. The van der Waals surface area contributed by atoms with E-state index in [2.05, 4.69) is 0 Å². The Morgan fingerprint density at radius 1 is 1.39 bits per heavy atom. The van der Waals surface area contributed by atoms with Gasteiger partial charge in [-0.05, 0) is 44.5 Å². The van der Waals surface area contributed by atoms with Crippen molar-refractivity contribution >= 4 is 16.9 Å². The summed E-state index contributed by atoms with van der Waals surface area (Å²) in [5, 5.41) is 10.2. The number of aryl methyl sites for hydroxylation is 2. The number of ether oxygens (including phenoxy) is 1. The minimum absolute atomic E-state index is 0.362. The first-order valence-electron chi connectivity index (χ1n) is 6.09. The number of fused-ring (bicyclic) bond motifs is 1. The quantitative estimate of drug-likeness (QED) is 0.903. The van der Waals surface area contributed by atoms with Gasteiger partial charge in [0.25, 0.3) is 0 Å². The minimum atomic E-state index is -0.886. The van der Waals surface area contributed by atoms with Gasteiger partial charge in [-0.15, -0.1) is 0 Å². The second-order valence-corrected chi connectivity index (χ2v) is 4.13. The SMILES string of the molecule is CCOc1ccc2c(c1)c(C)c(C(=O)O)n2CC. The summed E-state index contributed by atoms with van der Waals surface area (Å²) < 4.78 is 7.28. The van der Waals surface area contributed by atoms with Gasteiger partial charge in [-0.3, -0.25) is 0 Å². The van der Waals surface area contributed by atoms with Crippen molar-refractivity contribution in [2.75, 3.05) is 6.61 Å². The number of carbonyl (C=O) groups is 1. The highest BCUT2D eigenvalue weighted by Gasteiger charge is 2.18. The molecular formula is C14H17NO3. The first kappa shape index (κ1) is 12.5. The van der Waals surface area contributed by atoms with Crippen LogP contribution in [0.3, 0.4) is 0 Å². The molecule has 0 amide bonds. The molecule has 0 atom stereocenters. The Hall–Kier alpha value is -1.97. The van der Waals surface area contributed by atoms with Crippen molar-refractivity contribution in [2.45, 2.75) is 27.3 Å². The monoisotopic (exact) mass is 247 g/mol. The highest BCUT2D eigenvalue weighted by molar-refractivity contribution is 5.98. The zero-order chi connectivity index (χ0) is 13.3. The molecule has 0 aliphatic heterocycles. The molecule has 1 aromatic carbocycles. The largest absolute Gasteiger partial charge is 0.494 e. The minimum Gasteiger partial charge on any atom is -0.494 e. The molecule has 18 heavy (non-hydrogen) atoms. The Morgan fingerprint density at radius 2 is 2.11 bits per heavy atom. The molecule has 0 spiro atoms. The van der Waals surface area contributed by atoms with Crippen LogP contribution < -0.4 is 4.74 Å². The maximum absolute atomic E-state index is 11.3. The van der Waals surface area contributed by atoms with Gasteiger partial charge in [0.1, 0.15) is 11.4 Å². The van der Waals surface area contributed by atoms with Crippen LogP contribution in [0.1, 0.15) is 29.9 Å². The van der Waals surface area contributed by atoms with E-state index in [9.17, 15) is 9.90 Å². The smallest absolute Gasteiger partial charge is 0.352 e. The third kappa shape index (κ3) is 1.83. The molecule has 0 aliphatic rings. The van der Waals surface area contributed by atoms with E-state index in [1.54, 1.807) is 0 Å². The van der Waals surface area contributed by atoms with E-state index in [-0.39, 0.29) is 0 Å². The molecule has 0 bridgehead atoms. The number of nitrogens with zero attached hydrogens (tertiary/aromatic N) is 1. The van der Waals surface area contributed by atoms with Crippen LogP contribution in [0.25, 0.3) is 10.9 Å². The Labute approximate surface area is 106 Å². The van der Waals surface area contributed by atoms with Crippen molar-refractivity contribution < 1.29 is 14.6 Å². The van der Waals surface area contributed by atoms with E-state index in [0.29, 0.717) is 18.8 Å². The lowest BCUT2D eigenvalue weighted by Crippen LogP contribution is -2.08.